The molecule has 0 spiro atoms. The van der Waals surface area contributed by atoms with Gasteiger partial charge in [-0.15, -0.1) is 0 Å². The van der Waals surface area contributed by atoms with E-state index in [-0.39, 0.29) is 0 Å². The molecule has 1 fully saturated rings. The van der Waals surface area contributed by atoms with Crippen molar-refractivity contribution in [2.75, 3.05) is 13.6 Å². The van der Waals surface area contributed by atoms with Gasteiger partial charge in [-0.25, -0.2) is 0 Å². The molecule has 2 heteroatoms. The van der Waals surface area contributed by atoms with Gasteiger partial charge in [0.05, 0.1) is 0 Å². The second-order valence-corrected chi connectivity index (χ2v) is 6.01. The highest BCUT2D eigenvalue weighted by molar-refractivity contribution is 4.84. The molecule has 1 N–H and O–H groups in total. The maximum atomic E-state index is 3.65. The van der Waals surface area contributed by atoms with Crippen molar-refractivity contribution in [1.82, 2.24) is 10.2 Å². The smallest absolute Gasteiger partial charge is 0.0150 e. The van der Waals surface area contributed by atoms with E-state index in [2.05, 4.69) is 45.0 Å². The minimum Gasteiger partial charge on any atom is -0.314 e. The van der Waals surface area contributed by atoms with Crippen molar-refractivity contribution in [3.05, 3.63) is 0 Å². The van der Waals surface area contributed by atoms with E-state index < -0.39 is 0 Å². The van der Waals surface area contributed by atoms with Crippen LogP contribution in [0.15, 0.2) is 0 Å². The third-order valence-corrected chi connectivity index (χ3v) is 4.52. The Morgan fingerprint density at radius 1 is 1.38 bits per heavy atom. The Morgan fingerprint density at radius 2 is 2.06 bits per heavy atom. The van der Waals surface area contributed by atoms with Gasteiger partial charge in [-0.2, -0.15) is 0 Å². The monoisotopic (exact) mass is 226 g/mol. The number of rotatable bonds is 5. The number of hydrogen-bond donors (Lipinski definition) is 1. The fourth-order valence-electron chi connectivity index (χ4n) is 2.54. The van der Waals surface area contributed by atoms with Crippen LogP contribution >= 0.6 is 0 Å². The average Bonchev–Trinajstić information content (AvgIpc) is 2.29. The van der Waals surface area contributed by atoms with E-state index >= 15 is 0 Å². The molecule has 1 rings (SSSR count). The van der Waals surface area contributed by atoms with Gasteiger partial charge in [0.1, 0.15) is 0 Å². The molecular formula is C14H30N2. The molecule has 96 valence electrons. The minimum absolute atomic E-state index is 0.327. The molecule has 0 aliphatic carbocycles. The van der Waals surface area contributed by atoms with Crippen molar-refractivity contribution in [3.63, 3.8) is 0 Å². The summed E-state index contributed by atoms with van der Waals surface area (Å²) in [7, 11) is 2.27. The molecule has 0 amide bonds. The van der Waals surface area contributed by atoms with Crippen molar-refractivity contribution in [3.8, 4) is 0 Å². The van der Waals surface area contributed by atoms with E-state index in [4.69, 9.17) is 0 Å². The third kappa shape index (κ3) is 3.74. The predicted octanol–water partition coefficient (Wildman–Crippen LogP) is 3.03. The molecule has 16 heavy (non-hydrogen) atoms. The van der Waals surface area contributed by atoms with Crippen LogP contribution in [0.4, 0.5) is 0 Å². The first-order valence-electron chi connectivity index (χ1n) is 6.93. The maximum absolute atomic E-state index is 3.65. The summed E-state index contributed by atoms with van der Waals surface area (Å²) in [5.74, 6) is 0. The van der Waals surface area contributed by atoms with Gasteiger partial charge in [0, 0.05) is 17.6 Å². The van der Waals surface area contributed by atoms with Crippen LogP contribution < -0.4 is 5.32 Å². The zero-order valence-corrected chi connectivity index (χ0v) is 11.8. The average molecular weight is 226 g/mol. The van der Waals surface area contributed by atoms with Crippen molar-refractivity contribution < 1.29 is 0 Å². The lowest BCUT2D eigenvalue weighted by molar-refractivity contribution is 0.0923. The van der Waals surface area contributed by atoms with Crippen LogP contribution in [0.25, 0.3) is 0 Å². The SMILES string of the molecule is CCC(C)(C)N(C)C(C)CC1CCCCN1. The Bertz CT molecular complexity index is 195. The van der Waals surface area contributed by atoms with Crippen LogP contribution in [0.3, 0.4) is 0 Å². The number of nitrogens with one attached hydrogen (secondary N) is 1. The topological polar surface area (TPSA) is 15.3 Å². The van der Waals surface area contributed by atoms with Gasteiger partial charge < -0.3 is 5.32 Å². The van der Waals surface area contributed by atoms with E-state index in [9.17, 15) is 0 Å². The summed E-state index contributed by atoms with van der Waals surface area (Å²) in [4.78, 5) is 2.54. The number of nitrogens with zero attached hydrogens (tertiary/aromatic N) is 1. The fourth-order valence-corrected chi connectivity index (χ4v) is 2.54. The maximum Gasteiger partial charge on any atom is 0.0150 e. The summed E-state index contributed by atoms with van der Waals surface area (Å²) in [6.45, 7) is 10.6. The molecule has 2 atom stereocenters. The lowest BCUT2D eigenvalue weighted by Crippen LogP contribution is -2.48. The van der Waals surface area contributed by atoms with Crippen LogP contribution in [0, 0.1) is 0 Å². The quantitative estimate of drug-likeness (QED) is 0.775. The van der Waals surface area contributed by atoms with Gasteiger partial charge in [-0.05, 0) is 60.0 Å². The van der Waals surface area contributed by atoms with Crippen molar-refractivity contribution in [2.45, 2.75) is 77.4 Å². The van der Waals surface area contributed by atoms with Crippen molar-refractivity contribution in [2.24, 2.45) is 0 Å². The molecule has 1 aliphatic rings. The largest absolute Gasteiger partial charge is 0.314 e. The zero-order chi connectivity index (χ0) is 12.2. The minimum atomic E-state index is 0.327. The van der Waals surface area contributed by atoms with Gasteiger partial charge in [-0.3, -0.25) is 4.90 Å². The predicted molar refractivity (Wildman–Crippen MR) is 71.9 cm³/mol. The summed E-state index contributed by atoms with van der Waals surface area (Å²) in [5.41, 5.74) is 0.327. The number of hydrogen-bond acceptors (Lipinski definition) is 2. The number of piperidine rings is 1. The van der Waals surface area contributed by atoms with E-state index in [1.165, 1.54) is 38.6 Å². The molecule has 1 aliphatic heterocycles. The van der Waals surface area contributed by atoms with Crippen LogP contribution in [-0.2, 0) is 0 Å². The zero-order valence-electron chi connectivity index (χ0n) is 11.8. The first kappa shape index (κ1) is 14.0. The van der Waals surface area contributed by atoms with Crippen molar-refractivity contribution >= 4 is 0 Å². The van der Waals surface area contributed by atoms with Gasteiger partial charge in [0.15, 0.2) is 0 Å². The normalized spacial score (nSPS) is 24.8. The van der Waals surface area contributed by atoms with Crippen LogP contribution in [-0.4, -0.2) is 36.1 Å². The molecule has 2 unspecified atom stereocenters. The lowest BCUT2D eigenvalue weighted by atomic mass is 9.93. The van der Waals surface area contributed by atoms with E-state index in [1.807, 2.05) is 0 Å². The molecule has 0 aromatic carbocycles. The van der Waals surface area contributed by atoms with Crippen molar-refractivity contribution in [1.29, 1.82) is 0 Å². The lowest BCUT2D eigenvalue weighted by Gasteiger charge is -2.41. The Morgan fingerprint density at radius 3 is 2.56 bits per heavy atom. The molecule has 2 nitrogen and oxygen atoms in total. The van der Waals surface area contributed by atoms with E-state index in [0.717, 1.165) is 6.04 Å². The fraction of sp³-hybridized carbons (Fsp3) is 1.00. The first-order chi connectivity index (χ1) is 7.47. The second kappa shape index (κ2) is 6.02. The summed E-state index contributed by atoms with van der Waals surface area (Å²) < 4.78 is 0. The molecule has 1 saturated heterocycles. The summed E-state index contributed by atoms with van der Waals surface area (Å²) in [6.07, 6.45) is 6.64. The van der Waals surface area contributed by atoms with E-state index in [0.29, 0.717) is 11.6 Å². The van der Waals surface area contributed by atoms with E-state index in [1.54, 1.807) is 0 Å². The Hall–Kier alpha value is -0.0800. The molecule has 1 heterocycles. The van der Waals surface area contributed by atoms with Gasteiger partial charge in [0.2, 0.25) is 0 Å². The van der Waals surface area contributed by atoms with Crippen LogP contribution in [0.5, 0.6) is 0 Å². The Kier molecular flexibility index (Phi) is 5.26. The summed E-state index contributed by atoms with van der Waals surface area (Å²) >= 11 is 0. The summed E-state index contributed by atoms with van der Waals surface area (Å²) in [6, 6.07) is 1.42. The Balaban J connectivity index is 2.41. The van der Waals surface area contributed by atoms with Crippen LogP contribution in [0.2, 0.25) is 0 Å². The van der Waals surface area contributed by atoms with Gasteiger partial charge in [0.25, 0.3) is 0 Å². The highest BCUT2D eigenvalue weighted by Gasteiger charge is 2.27. The highest BCUT2D eigenvalue weighted by atomic mass is 15.2. The molecule has 0 aromatic heterocycles. The first-order valence-corrected chi connectivity index (χ1v) is 6.93. The molecule has 0 radical (unpaired) electrons. The molecular weight excluding hydrogens is 196 g/mol. The second-order valence-electron chi connectivity index (χ2n) is 6.01. The molecule has 0 bridgehead atoms. The molecule has 0 aromatic rings. The third-order valence-electron chi connectivity index (χ3n) is 4.52. The molecule has 0 saturated carbocycles. The van der Waals surface area contributed by atoms with Gasteiger partial charge >= 0.3 is 0 Å². The Labute approximate surface area is 102 Å². The van der Waals surface area contributed by atoms with Crippen LogP contribution in [0.1, 0.15) is 59.8 Å². The highest BCUT2D eigenvalue weighted by Crippen LogP contribution is 2.22. The summed E-state index contributed by atoms with van der Waals surface area (Å²) in [5, 5.41) is 3.65. The van der Waals surface area contributed by atoms with Gasteiger partial charge in [-0.1, -0.05) is 13.3 Å². The standard InChI is InChI=1S/C14H30N2/c1-6-14(3,4)16(5)12(2)11-13-9-7-8-10-15-13/h12-13,15H,6-11H2,1-5H3.